The predicted octanol–water partition coefficient (Wildman–Crippen LogP) is 2.43. The van der Waals surface area contributed by atoms with Gasteiger partial charge in [-0.05, 0) is 19.1 Å². The SMILES string of the molecule is Cc1cc([N+](C)(C)C(=O)O)n(-c2ccccc2)n1. The van der Waals surface area contributed by atoms with E-state index >= 15 is 0 Å². The Kier molecular flexibility index (Phi) is 2.92. The molecule has 1 aromatic heterocycles. The molecule has 0 spiro atoms. The van der Waals surface area contributed by atoms with Crippen LogP contribution in [0.25, 0.3) is 5.69 Å². The van der Waals surface area contributed by atoms with Crippen LogP contribution in [0.5, 0.6) is 0 Å². The molecule has 0 fully saturated rings. The lowest BCUT2D eigenvalue weighted by atomic mass is 10.3. The molecular weight excluding hydrogens is 230 g/mol. The van der Waals surface area contributed by atoms with E-state index < -0.39 is 6.09 Å². The zero-order chi connectivity index (χ0) is 13.3. The normalized spacial score (nSPS) is 11.5. The van der Waals surface area contributed by atoms with Gasteiger partial charge in [-0.25, -0.2) is 0 Å². The van der Waals surface area contributed by atoms with Gasteiger partial charge in [-0.1, -0.05) is 18.2 Å². The first-order chi connectivity index (χ1) is 8.43. The van der Waals surface area contributed by atoms with E-state index in [-0.39, 0.29) is 4.48 Å². The molecular formula is C13H16N3O2+. The van der Waals surface area contributed by atoms with Gasteiger partial charge in [-0.2, -0.15) is 19.1 Å². The molecule has 2 rings (SSSR count). The highest BCUT2D eigenvalue weighted by atomic mass is 16.4. The number of carbonyl (C=O) groups is 1. The molecule has 94 valence electrons. The van der Waals surface area contributed by atoms with Crippen molar-refractivity contribution >= 4 is 11.9 Å². The van der Waals surface area contributed by atoms with E-state index in [1.165, 1.54) is 0 Å². The minimum absolute atomic E-state index is 0.268. The zero-order valence-electron chi connectivity index (χ0n) is 10.7. The van der Waals surface area contributed by atoms with Crippen molar-refractivity contribution in [3.63, 3.8) is 0 Å². The van der Waals surface area contributed by atoms with E-state index in [1.807, 2.05) is 37.3 Å². The number of aryl methyl sites for hydroxylation is 1. The second kappa shape index (κ2) is 4.27. The van der Waals surface area contributed by atoms with Crippen LogP contribution in [0.1, 0.15) is 5.69 Å². The van der Waals surface area contributed by atoms with Crippen molar-refractivity contribution < 1.29 is 9.90 Å². The first-order valence-corrected chi connectivity index (χ1v) is 5.63. The van der Waals surface area contributed by atoms with Gasteiger partial charge in [0.05, 0.1) is 25.5 Å². The summed E-state index contributed by atoms with van der Waals surface area (Å²) < 4.78 is 1.40. The third-order valence-corrected chi connectivity index (χ3v) is 2.86. The summed E-state index contributed by atoms with van der Waals surface area (Å²) in [5, 5.41) is 13.7. The Morgan fingerprint density at radius 2 is 1.89 bits per heavy atom. The number of carboxylic acid groups (broad SMARTS) is 1. The number of rotatable bonds is 2. The van der Waals surface area contributed by atoms with Crippen molar-refractivity contribution in [2.45, 2.75) is 6.92 Å². The lowest BCUT2D eigenvalue weighted by Gasteiger charge is -2.22. The summed E-state index contributed by atoms with van der Waals surface area (Å²) in [6, 6.07) is 11.3. The van der Waals surface area contributed by atoms with Gasteiger partial charge in [0.1, 0.15) is 0 Å². The molecule has 1 N–H and O–H groups in total. The van der Waals surface area contributed by atoms with E-state index in [9.17, 15) is 9.90 Å². The van der Waals surface area contributed by atoms with Gasteiger partial charge in [-0.15, -0.1) is 0 Å². The number of hydrogen-bond acceptors (Lipinski definition) is 2. The molecule has 0 radical (unpaired) electrons. The van der Waals surface area contributed by atoms with Crippen LogP contribution < -0.4 is 4.48 Å². The Balaban J connectivity index is 2.61. The number of aromatic nitrogens is 2. The Morgan fingerprint density at radius 1 is 1.28 bits per heavy atom. The third kappa shape index (κ3) is 2.00. The van der Waals surface area contributed by atoms with E-state index in [1.54, 1.807) is 24.8 Å². The second-order valence-electron chi connectivity index (χ2n) is 4.63. The highest BCUT2D eigenvalue weighted by Crippen LogP contribution is 2.24. The fraction of sp³-hybridized carbons (Fsp3) is 0.231. The largest absolute Gasteiger partial charge is 0.519 e. The molecule has 1 aromatic carbocycles. The molecule has 1 heterocycles. The van der Waals surface area contributed by atoms with Gasteiger partial charge in [0.25, 0.3) is 0 Å². The molecule has 0 atom stereocenters. The molecule has 0 aliphatic rings. The van der Waals surface area contributed by atoms with Gasteiger partial charge in [0.15, 0.2) is 0 Å². The minimum atomic E-state index is -0.924. The van der Waals surface area contributed by atoms with E-state index in [0.29, 0.717) is 5.82 Å². The average molecular weight is 246 g/mol. The van der Waals surface area contributed by atoms with Crippen LogP contribution in [0, 0.1) is 6.92 Å². The van der Waals surface area contributed by atoms with Gasteiger partial charge >= 0.3 is 6.09 Å². The van der Waals surface area contributed by atoms with E-state index in [2.05, 4.69) is 5.10 Å². The minimum Gasteiger partial charge on any atom is -0.435 e. The van der Waals surface area contributed by atoms with Crippen LogP contribution in [0.2, 0.25) is 0 Å². The molecule has 0 aliphatic carbocycles. The fourth-order valence-corrected chi connectivity index (χ4v) is 1.74. The molecule has 18 heavy (non-hydrogen) atoms. The summed E-state index contributed by atoms with van der Waals surface area (Å²) in [4.78, 5) is 11.3. The maximum atomic E-state index is 11.3. The maximum Gasteiger partial charge on any atom is 0.519 e. The Labute approximate surface area is 105 Å². The van der Waals surface area contributed by atoms with Gasteiger partial charge in [0.2, 0.25) is 5.82 Å². The molecule has 5 nitrogen and oxygen atoms in total. The van der Waals surface area contributed by atoms with Crippen molar-refractivity contribution in [3.8, 4) is 5.69 Å². The average Bonchev–Trinajstić information content (AvgIpc) is 2.73. The Morgan fingerprint density at radius 3 is 2.44 bits per heavy atom. The molecule has 0 saturated carbocycles. The molecule has 1 amide bonds. The van der Waals surface area contributed by atoms with Crippen LogP contribution >= 0.6 is 0 Å². The van der Waals surface area contributed by atoms with Crippen LogP contribution in [0.4, 0.5) is 10.6 Å². The number of amides is 1. The smallest absolute Gasteiger partial charge is 0.435 e. The van der Waals surface area contributed by atoms with Crippen LogP contribution in [-0.2, 0) is 0 Å². The zero-order valence-corrected chi connectivity index (χ0v) is 10.7. The molecule has 0 bridgehead atoms. The first-order valence-electron chi connectivity index (χ1n) is 5.63. The fourth-order valence-electron chi connectivity index (χ4n) is 1.74. The maximum absolute atomic E-state index is 11.3. The predicted molar refractivity (Wildman–Crippen MR) is 70.0 cm³/mol. The number of para-hydroxylation sites is 1. The summed E-state index contributed by atoms with van der Waals surface area (Å²) in [5.74, 6) is 0.617. The third-order valence-electron chi connectivity index (χ3n) is 2.86. The molecule has 0 saturated heterocycles. The Hall–Kier alpha value is -2.14. The van der Waals surface area contributed by atoms with Crippen molar-refractivity contribution in [2.75, 3.05) is 14.1 Å². The standard InChI is InChI=1S/C13H15N3O2/c1-10-9-12(16(2,3)13(17)18)15(14-10)11-7-5-4-6-8-11/h4-9H,1-3H3/p+1. The van der Waals surface area contributed by atoms with Crippen molar-refractivity contribution in [2.24, 2.45) is 0 Å². The van der Waals surface area contributed by atoms with Crippen molar-refractivity contribution in [3.05, 3.63) is 42.1 Å². The lowest BCUT2D eigenvalue weighted by molar-refractivity contribution is 0.163. The first kappa shape index (κ1) is 12.3. The van der Waals surface area contributed by atoms with Crippen LogP contribution in [-0.4, -0.2) is 35.1 Å². The number of nitrogens with zero attached hydrogens (tertiary/aromatic N) is 3. The monoisotopic (exact) mass is 246 g/mol. The number of benzene rings is 1. The van der Waals surface area contributed by atoms with Crippen LogP contribution in [0.3, 0.4) is 0 Å². The van der Waals surface area contributed by atoms with Gasteiger partial charge < -0.3 is 5.11 Å². The van der Waals surface area contributed by atoms with E-state index in [0.717, 1.165) is 11.4 Å². The molecule has 2 aromatic rings. The molecule has 5 heteroatoms. The molecule has 0 aliphatic heterocycles. The second-order valence-corrected chi connectivity index (χ2v) is 4.63. The summed E-state index contributed by atoms with van der Waals surface area (Å²) >= 11 is 0. The Bertz CT molecular complexity index is 573. The number of quaternary nitrogens is 1. The summed E-state index contributed by atoms with van der Waals surface area (Å²) in [6.07, 6.45) is -0.924. The number of hydrogen-bond donors (Lipinski definition) is 1. The molecule has 0 unspecified atom stereocenters. The quantitative estimate of drug-likeness (QED) is 0.828. The van der Waals surface area contributed by atoms with E-state index in [4.69, 9.17) is 0 Å². The highest BCUT2D eigenvalue weighted by molar-refractivity contribution is 5.79. The summed E-state index contributed by atoms with van der Waals surface area (Å²) in [6.45, 7) is 1.85. The lowest BCUT2D eigenvalue weighted by Crippen LogP contribution is -2.46. The summed E-state index contributed by atoms with van der Waals surface area (Å²) in [7, 11) is 3.25. The van der Waals surface area contributed by atoms with Gasteiger partial charge in [0, 0.05) is 6.07 Å². The van der Waals surface area contributed by atoms with Gasteiger partial charge in [-0.3, -0.25) is 0 Å². The van der Waals surface area contributed by atoms with Crippen molar-refractivity contribution in [1.82, 2.24) is 14.3 Å². The van der Waals surface area contributed by atoms with Crippen LogP contribution in [0.15, 0.2) is 36.4 Å². The topological polar surface area (TPSA) is 55.1 Å². The summed E-state index contributed by atoms with van der Waals surface area (Å²) in [5.41, 5.74) is 1.65. The van der Waals surface area contributed by atoms with Crippen molar-refractivity contribution in [1.29, 1.82) is 0 Å². The highest BCUT2D eigenvalue weighted by Gasteiger charge is 2.33.